The maximum atomic E-state index is 13.0. The van der Waals surface area contributed by atoms with Gasteiger partial charge >= 0.3 is 6.18 Å². The van der Waals surface area contributed by atoms with Crippen molar-refractivity contribution >= 4 is 23.1 Å². The van der Waals surface area contributed by atoms with Gasteiger partial charge in [-0.25, -0.2) is 0 Å². The molecule has 0 unspecified atom stereocenters. The zero-order chi connectivity index (χ0) is 19.0. The van der Waals surface area contributed by atoms with E-state index in [1.807, 2.05) is 29.2 Å². The smallest absolute Gasteiger partial charge is 0.353 e. The fourth-order valence-corrected chi connectivity index (χ4v) is 3.23. The van der Waals surface area contributed by atoms with Crippen LogP contribution in [-0.4, -0.2) is 50.9 Å². The average molecular weight is 397 g/mol. The molecule has 4 rings (SSSR count). The Kier molecular flexibility index (Phi) is 4.65. The SMILES string of the molecule is FC(F)(F)c1nnc2ccc(N3CCN(Cc4ccc(Cl)cc4)CC3)nn12. The summed E-state index contributed by atoms with van der Waals surface area (Å²) in [5.74, 6) is -0.625. The largest absolute Gasteiger partial charge is 0.453 e. The van der Waals surface area contributed by atoms with Gasteiger partial charge in [-0.1, -0.05) is 23.7 Å². The van der Waals surface area contributed by atoms with E-state index in [2.05, 4.69) is 20.2 Å². The van der Waals surface area contributed by atoms with Crippen LogP contribution in [0.2, 0.25) is 5.02 Å². The first-order chi connectivity index (χ1) is 12.9. The minimum absolute atomic E-state index is 0.0763. The number of alkyl halides is 3. The van der Waals surface area contributed by atoms with E-state index in [9.17, 15) is 13.2 Å². The number of hydrogen-bond donors (Lipinski definition) is 0. The Hall–Kier alpha value is -2.39. The third-order valence-electron chi connectivity index (χ3n) is 4.52. The van der Waals surface area contributed by atoms with Crippen LogP contribution in [0.4, 0.5) is 19.0 Å². The molecule has 0 spiro atoms. The number of nitrogens with zero attached hydrogens (tertiary/aromatic N) is 6. The van der Waals surface area contributed by atoms with E-state index >= 15 is 0 Å². The number of halogens is 4. The molecular formula is C17H16ClF3N6. The maximum absolute atomic E-state index is 13.0. The van der Waals surface area contributed by atoms with Gasteiger partial charge in [0.05, 0.1) is 0 Å². The van der Waals surface area contributed by atoms with E-state index in [1.165, 1.54) is 11.6 Å². The number of piperazine rings is 1. The number of fused-ring (bicyclic) bond motifs is 1. The average Bonchev–Trinajstić information content (AvgIpc) is 3.08. The molecule has 0 bridgehead atoms. The van der Waals surface area contributed by atoms with Crippen molar-refractivity contribution in [3.8, 4) is 0 Å². The van der Waals surface area contributed by atoms with Gasteiger partial charge in [0.15, 0.2) is 5.65 Å². The van der Waals surface area contributed by atoms with Crippen LogP contribution in [0.3, 0.4) is 0 Å². The van der Waals surface area contributed by atoms with E-state index in [0.717, 1.165) is 24.1 Å². The maximum Gasteiger partial charge on any atom is 0.453 e. The van der Waals surface area contributed by atoms with E-state index in [4.69, 9.17) is 11.6 Å². The zero-order valence-corrected chi connectivity index (χ0v) is 15.0. The second-order valence-electron chi connectivity index (χ2n) is 6.37. The van der Waals surface area contributed by atoms with Gasteiger partial charge in [0.1, 0.15) is 5.82 Å². The Labute approximate surface area is 158 Å². The van der Waals surface area contributed by atoms with Gasteiger partial charge in [-0.05, 0) is 29.8 Å². The van der Waals surface area contributed by atoms with Gasteiger partial charge in [0.2, 0.25) is 0 Å². The summed E-state index contributed by atoms with van der Waals surface area (Å²) in [4.78, 5) is 4.26. The van der Waals surface area contributed by atoms with Crippen molar-refractivity contribution in [1.82, 2.24) is 24.7 Å². The minimum Gasteiger partial charge on any atom is -0.353 e. The van der Waals surface area contributed by atoms with Gasteiger partial charge in [0, 0.05) is 37.7 Å². The summed E-state index contributed by atoms with van der Waals surface area (Å²) in [6.07, 6.45) is -4.59. The Morgan fingerprint density at radius 2 is 1.63 bits per heavy atom. The molecule has 10 heteroatoms. The van der Waals surface area contributed by atoms with Crippen LogP contribution in [0.1, 0.15) is 11.4 Å². The highest BCUT2D eigenvalue weighted by Crippen LogP contribution is 2.28. The summed E-state index contributed by atoms with van der Waals surface area (Å²) >= 11 is 5.91. The molecular weight excluding hydrogens is 381 g/mol. The lowest BCUT2D eigenvalue weighted by Gasteiger charge is -2.35. The van der Waals surface area contributed by atoms with Crippen LogP contribution in [0.15, 0.2) is 36.4 Å². The lowest BCUT2D eigenvalue weighted by atomic mass is 10.2. The number of rotatable bonds is 3. The van der Waals surface area contributed by atoms with Crippen molar-refractivity contribution in [2.75, 3.05) is 31.1 Å². The molecule has 1 saturated heterocycles. The predicted octanol–water partition coefficient (Wildman–Crippen LogP) is 3.12. The van der Waals surface area contributed by atoms with Crippen LogP contribution in [0.25, 0.3) is 5.65 Å². The third-order valence-corrected chi connectivity index (χ3v) is 4.77. The minimum atomic E-state index is -4.59. The van der Waals surface area contributed by atoms with Crippen LogP contribution >= 0.6 is 11.6 Å². The molecule has 0 amide bonds. The Balaban J connectivity index is 1.45. The van der Waals surface area contributed by atoms with Crippen molar-refractivity contribution in [2.45, 2.75) is 12.7 Å². The molecule has 0 saturated carbocycles. The Bertz CT molecular complexity index is 932. The highest BCUT2D eigenvalue weighted by molar-refractivity contribution is 6.30. The molecule has 27 heavy (non-hydrogen) atoms. The molecule has 3 aromatic rings. The number of aromatic nitrogens is 4. The second kappa shape index (κ2) is 6.97. The van der Waals surface area contributed by atoms with E-state index in [0.29, 0.717) is 23.9 Å². The molecule has 0 radical (unpaired) electrons. The fraction of sp³-hybridized carbons (Fsp3) is 0.353. The van der Waals surface area contributed by atoms with Crippen molar-refractivity contribution < 1.29 is 13.2 Å². The van der Waals surface area contributed by atoms with Gasteiger partial charge in [0.25, 0.3) is 5.82 Å². The predicted molar refractivity (Wildman–Crippen MR) is 94.7 cm³/mol. The Morgan fingerprint density at radius 1 is 0.926 bits per heavy atom. The quantitative estimate of drug-likeness (QED) is 0.681. The lowest BCUT2D eigenvalue weighted by Crippen LogP contribution is -2.46. The molecule has 142 valence electrons. The molecule has 0 N–H and O–H groups in total. The first kappa shape index (κ1) is 18.0. The number of anilines is 1. The molecule has 1 aliphatic heterocycles. The Morgan fingerprint density at radius 3 is 2.30 bits per heavy atom. The summed E-state index contributed by atoms with van der Waals surface area (Å²) in [5, 5.41) is 11.6. The van der Waals surface area contributed by atoms with Crippen LogP contribution < -0.4 is 4.90 Å². The highest BCUT2D eigenvalue weighted by Gasteiger charge is 2.37. The molecule has 0 atom stereocenters. The standard InChI is InChI=1S/C17H16ClF3N6/c18-13-3-1-12(2-4-13)11-25-7-9-26(10-8-25)15-6-5-14-22-23-16(17(19,20)21)27(14)24-15/h1-6H,7-11H2. The van der Waals surface area contributed by atoms with Gasteiger partial charge in [-0.2, -0.15) is 17.7 Å². The van der Waals surface area contributed by atoms with Crippen LogP contribution in [-0.2, 0) is 12.7 Å². The van der Waals surface area contributed by atoms with E-state index < -0.39 is 12.0 Å². The van der Waals surface area contributed by atoms with Crippen LogP contribution in [0, 0.1) is 0 Å². The van der Waals surface area contributed by atoms with Gasteiger partial charge < -0.3 is 4.90 Å². The summed E-state index contributed by atoms with van der Waals surface area (Å²) in [6, 6.07) is 10.9. The summed E-state index contributed by atoms with van der Waals surface area (Å²) in [7, 11) is 0. The second-order valence-corrected chi connectivity index (χ2v) is 6.81. The fourth-order valence-electron chi connectivity index (χ4n) is 3.11. The number of benzene rings is 1. The lowest BCUT2D eigenvalue weighted by molar-refractivity contribution is -0.146. The monoisotopic (exact) mass is 396 g/mol. The molecule has 1 aliphatic rings. The first-order valence-corrected chi connectivity index (χ1v) is 8.79. The molecule has 0 aliphatic carbocycles. The third kappa shape index (κ3) is 3.84. The van der Waals surface area contributed by atoms with Gasteiger partial charge in [-0.15, -0.1) is 15.3 Å². The van der Waals surface area contributed by atoms with Gasteiger partial charge in [-0.3, -0.25) is 4.90 Å². The van der Waals surface area contributed by atoms with Crippen molar-refractivity contribution in [2.24, 2.45) is 0 Å². The summed E-state index contributed by atoms with van der Waals surface area (Å²) < 4.78 is 39.8. The summed E-state index contributed by atoms with van der Waals surface area (Å²) in [6.45, 7) is 3.74. The van der Waals surface area contributed by atoms with Crippen molar-refractivity contribution in [3.05, 3.63) is 52.8 Å². The zero-order valence-electron chi connectivity index (χ0n) is 14.2. The van der Waals surface area contributed by atoms with Crippen LogP contribution in [0.5, 0.6) is 0 Å². The normalized spacial score (nSPS) is 16.2. The van der Waals surface area contributed by atoms with E-state index in [-0.39, 0.29) is 5.65 Å². The molecule has 3 heterocycles. The highest BCUT2D eigenvalue weighted by atomic mass is 35.5. The molecule has 1 fully saturated rings. The number of hydrogen-bond acceptors (Lipinski definition) is 5. The molecule has 1 aromatic carbocycles. The first-order valence-electron chi connectivity index (χ1n) is 8.41. The molecule has 2 aromatic heterocycles. The van der Waals surface area contributed by atoms with E-state index in [1.54, 1.807) is 6.07 Å². The van der Waals surface area contributed by atoms with Crippen molar-refractivity contribution in [3.63, 3.8) is 0 Å². The topological polar surface area (TPSA) is 49.6 Å². The molecule has 6 nitrogen and oxygen atoms in total. The summed E-state index contributed by atoms with van der Waals surface area (Å²) in [5.41, 5.74) is 1.25. The van der Waals surface area contributed by atoms with Crippen molar-refractivity contribution in [1.29, 1.82) is 0 Å².